The van der Waals surface area contributed by atoms with Crippen LogP contribution in [0.2, 0.25) is 0 Å². The molecule has 1 fully saturated rings. The summed E-state index contributed by atoms with van der Waals surface area (Å²) in [7, 11) is 1.43. The molecular formula is C20H38N2O4. The molecule has 0 saturated heterocycles. The van der Waals surface area contributed by atoms with Crippen LogP contribution in [0.15, 0.2) is 0 Å². The average Bonchev–Trinajstić information content (AvgIpc) is 2.52. The number of alkyl carbamates (subject to hydrolysis) is 1. The quantitative estimate of drug-likeness (QED) is 0.698. The fraction of sp³-hybridized carbons (Fsp3) is 0.900. The van der Waals surface area contributed by atoms with Crippen molar-refractivity contribution < 1.29 is 19.1 Å². The molecule has 2 unspecified atom stereocenters. The summed E-state index contributed by atoms with van der Waals surface area (Å²) in [6.45, 7) is 12.2. The molecule has 0 aliphatic heterocycles. The zero-order chi connectivity index (χ0) is 20.0. The van der Waals surface area contributed by atoms with Crippen molar-refractivity contribution in [2.75, 3.05) is 13.7 Å². The number of esters is 1. The van der Waals surface area contributed by atoms with Gasteiger partial charge in [-0.1, -0.05) is 40.0 Å². The fourth-order valence-corrected chi connectivity index (χ4v) is 3.31. The summed E-state index contributed by atoms with van der Waals surface area (Å²) in [4.78, 5) is 24.5. The Labute approximate surface area is 158 Å². The lowest BCUT2D eigenvalue weighted by Crippen LogP contribution is -2.55. The third-order valence-corrected chi connectivity index (χ3v) is 4.85. The summed E-state index contributed by atoms with van der Waals surface area (Å²) in [6, 6.07) is -0.501. The number of hydrogen-bond acceptors (Lipinski definition) is 5. The van der Waals surface area contributed by atoms with Gasteiger partial charge in [0.1, 0.15) is 11.6 Å². The largest absolute Gasteiger partial charge is 0.468 e. The van der Waals surface area contributed by atoms with Gasteiger partial charge in [0.25, 0.3) is 0 Å². The Bertz CT molecular complexity index is 459. The lowest BCUT2D eigenvalue weighted by Gasteiger charge is -2.35. The van der Waals surface area contributed by atoms with Crippen molar-refractivity contribution in [2.45, 2.75) is 91.3 Å². The number of rotatable bonds is 6. The van der Waals surface area contributed by atoms with Crippen LogP contribution < -0.4 is 10.6 Å². The van der Waals surface area contributed by atoms with E-state index in [0.717, 1.165) is 25.7 Å². The summed E-state index contributed by atoms with van der Waals surface area (Å²) in [5.74, 6) is 0.0696. The van der Waals surface area contributed by atoms with Crippen molar-refractivity contribution in [1.82, 2.24) is 10.6 Å². The highest BCUT2D eigenvalue weighted by molar-refractivity contribution is 5.76. The molecule has 1 saturated carbocycles. The molecule has 1 aliphatic rings. The van der Waals surface area contributed by atoms with Gasteiger partial charge in [0.05, 0.1) is 7.11 Å². The molecule has 6 heteroatoms. The molecule has 26 heavy (non-hydrogen) atoms. The molecule has 152 valence electrons. The first-order chi connectivity index (χ1) is 11.9. The molecule has 1 aliphatic carbocycles. The maximum Gasteiger partial charge on any atom is 0.407 e. The number of ether oxygens (including phenoxy) is 2. The van der Waals surface area contributed by atoms with E-state index >= 15 is 0 Å². The van der Waals surface area contributed by atoms with Gasteiger partial charge in [-0.15, -0.1) is 0 Å². The number of methoxy groups -OCH3 is 1. The predicted molar refractivity (Wildman–Crippen MR) is 103 cm³/mol. The first-order valence-electron chi connectivity index (χ1n) is 9.75. The number of hydrogen-bond donors (Lipinski definition) is 2. The van der Waals surface area contributed by atoms with Gasteiger partial charge >= 0.3 is 12.1 Å². The Morgan fingerprint density at radius 1 is 1.04 bits per heavy atom. The van der Waals surface area contributed by atoms with E-state index in [4.69, 9.17) is 9.47 Å². The average molecular weight is 371 g/mol. The van der Waals surface area contributed by atoms with E-state index in [1.54, 1.807) is 0 Å². The predicted octanol–water partition coefficient (Wildman–Crippen LogP) is 3.64. The molecule has 0 aromatic heterocycles. The molecule has 1 amide bonds. The molecule has 0 spiro atoms. The minimum absolute atomic E-state index is 0.173. The van der Waals surface area contributed by atoms with Gasteiger partial charge in [-0.3, -0.25) is 4.79 Å². The topological polar surface area (TPSA) is 76.7 Å². The molecule has 0 radical (unpaired) electrons. The minimum Gasteiger partial charge on any atom is -0.468 e. The van der Waals surface area contributed by atoms with Crippen LogP contribution >= 0.6 is 0 Å². The van der Waals surface area contributed by atoms with Gasteiger partial charge < -0.3 is 20.1 Å². The molecule has 6 nitrogen and oxygen atoms in total. The van der Waals surface area contributed by atoms with E-state index in [1.165, 1.54) is 13.5 Å². The molecule has 2 N–H and O–H groups in total. The van der Waals surface area contributed by atoms with Gasteiger partial charge in [-0.25, -0.2) is 4.79 Å². The second-order valence-corrected chi connectivity index (χ2v) is 9.37. The molecule has 0 aromatic carbocycles. The number of carbonyl (C=O) groups is 2. The molecule has 0 heterocycles. The van der Waals surface area contributed by atoms with Gasteiger partial charge in [0.2, 0.25) is 0 Å². The maximum atomic E-state index is 12.3. The van der Waals surface area contributed by atoms with E-state index in [9.17, 15) is 9.59 Å². The van der Waals surface area contributed by atoms with Crippen LogP contribution in [0.3, 0.4) is 0 Å². The highest BCUT2D eigenvalue weighted by Gasteiger charge is 2.33. The zero-order valence-corrected chi connectivity index (χ0v) is 17.6. The van der Waals surface area contributed by atoms with Crippen LogP contribution in [-0.4, -0.2) is 43.4 Å². The van der Waals surface area contributed by atoms with Crippen molar-refractivity contribution in [3.05, 3.63) is 0 Å². The van der Waals surface area contributed by atoms with Crippen LogP contribution in [0, 0.1) is 11.3 Å². The lowest BCUT2D eigenvalue weighted by molar-refractivity contribution is -0.145. The van der Waals surface area contributed by atoms with E-state index in [-0.39, 0.29) is 23.5 Å². The number of carbonyl (C=O) groups excluding carboxylic acids is 2. The Hall–Kier alpha value is -1.30. The van der Waals surface area contributed by atoms with Crippen LogP contribution in [0.5, 0.6) is 0 Å². The van der Waals surface area contributed by atoms with E-state index in [2.05, 4.69) is 31.4 Å². The molecule has 0 aromatic rings. The summed E-state index contributed by atoms with van der Waals surface area (Å²) in [6.07, 6.45) is 5.16. The Balaban J connectivity index is 2.75. The van der Waals surface area contributed by atoms with Gasteiger partial charge in [0.15, 0.2) is 0 Å². The summed E-state index contributed by atoms with van der Waals surface area (Å²) < 4.78 is 10.4. The lowest BCUT2D eigenvalue weighted by atomic mass is 9.82. The monoisotopic (exact) mass is 370 g/mol. The van der Waals surface area contributed by atoms with Crippen molar-refractivity contribution in [3.8, 4) is 0 Å². The normalized spacial score (nSPS) is 18.7. The third-order valence-electron chi connectivity index (χ3n) is 4.85. The van der Waals surface area contributed by atoms with Crippen molar-refractivity contribution in [3.63, 3.8) is 0 Å². The highest BCUT2D eigenvalue weighted by Crippen LogP contribution is 2.27. The zero-order valence-electron chi connectivity index (χ0n) is 17.6. The second-order valence-electron chi connectivity index (χ2n) is 9.37. The summed E-state index contributed by atoms with van der Waals surface area (Å²) in [5, 5.41) is 6.32. The molecular weight excluding hydrogens is 332 g/mol. The van der Waals surface area contributed by atoms with Crippen molar-refractivity contribution in [2.24, 2.45) is 11.3 Å². The Morgan fingerprint density at radius 2 is 1.62 bits per heavy atom. The Morgan fingerprint density at radius 3 is 2.08 bits per heavy atom. The fourth-order valence-electron chi connectivity index (χ4n) is 3.31. The van der Waals surface area contributed by atoms with Crippen LogP contribution in [0.1, 0.15) is 73.6 Å². The van der Waals surface area contributed by atoms with Crippen molar-refractivity contribution in [1.29, 1.82) is 0 Å². The molecule has 1 rings (SSSR count). The molecule has 2 atom stereocenters. The first-order valence-corrected chi connectivity index (χ1v) is 9.75. The van der Waals surface area contributed by atoms with Crippen LogP contribution in [-0.2, 0) is 14.3 Å². The van der Waals surface area contributed by atoms with Gasteiger partial charge in [-0.05, 0) is 44.9 Å². The number of amides is 1. The SMILES string of the molecule is COC(=O)C(NCC(NC(=O)OC(C)(C)C)C(C)(C)C)C1CCCCC1. The second kappa shape index (κ2) is 9.58. The third kappa shape index (κ3) is 7.94. The smallest absolute Gasteiger partial charge is 0.407 e. The number of nitrogens with one attached hydrogen (secondary N) is 2. The van der Waals surface area contributed by atoms with E-state index in [1.807, 2.05) is 20.8 Å². The van der Waals surface area contributed by atoms with Crippen LogP contribution in [0.4, 0.5) is 4.79 Å². The van der Waals surface area contributed by atoms with Crippen molar-refractivity contribution >= 4 is 12.1 Å². The highest BCUT2D eigenvalue weighted by atomic mass is 16.6. The standard InChI is InChI=1S/C20H38N2O4/c1-19(2,3)15(22-18(24)26-20(4,5)6)13-21-16(17(23)25-7)14-11-9-8-10-12-14/h14-16,21H,8-13H2,1-7H3,(H,22,24). The van der Waals surface area contributed by atoms with E-state index in [0.29, 0.717) is 12.5 Å². The molecule has 0 bridgehead atoms. The minimum atomic E-state index is -0.545. The maximum absolute atomic E-state index is 12.3. The van der Waals surface area contributed by atoms with E-state index < -0.39 is 11.7 Å². The summed E-state index contributed by atoms with van der Waals surface area (Å²) >= 11 is 0. The van der Waals surface area contributed by atoms with Gasteiger partial charge in [0, 0.05) is 12.6 Å². The first kappa shape index (κ1) is 22.7. The van der Waals surface area contributed by atoms with Crippen LogP contribution in [0.25, 0.3) is 0 Å². The Kier molecular flexibility index (Phi) is 8.38. The summed E-state index contributed by atoms with van der Waals surface area (Å²) in [5.41, 5.74) is -0.728. The van der Waals surface area contributed by atoms with Gasteiger partial charge in [-0.2, -0.15) is 0 Å².